The molecule has 0 aliphatic rings. The van der Waals surface area contributed by atoms with Crippen molar-refractivity contribution in [2.75, 3.05) is 5.32 Å². The predicted octanol–water partition coefficient (Wildman–Crippen LogP) is 3.05. The van der Waals surface area contributed by atoms with Gasteiger partial charge in [0.1, 0.15) is 5.69 Å². The minimum atomic E-state index is -0.250. The van der Waals surface area contributed by atoms with Crippen LogP contribution in [0.4, 0.5) is 5.69 Å². The van der Waals surface area contributed by atoms with Crippen molar-refractivity contribution in [2.45, 2.75) is 0 Å². The molecule has 0 atom stereocenters. The van der Waals surface area contributed by atoms with Crippen LogP contribution in [-0.4, -0.2) is 15.9 Å². The number of anilines is 1. The lowest BCUT2D eigenvalue weighted by Gasteiger charge is -2.01. The molecule has 0 aromatic carbocycles. The molecular weight excluding hydrogens is 262 g/mol. The normalized spacial score (nSPS) is 10.3. The molecule has 0 fully saturated rings. The molecule has 1 amide bonds. The van der Waals surface area contributed by atoms with Crippen LogP contribution in [0.5, 0.6) is 0 Å². The molecule has 19 heavy (non-hydrogen) atoms. The standard InChI is InChI=1S/C13H9N3O2S/c17-12(15-9-3-5-14-6-4-9)10-8-19-13(16-10)11-2-1-7-18-11/h1-8H,(H,14,15,17). The van der Waals surface area contributed by atoms with E-state index in [1.54, 1.807) is 42.2 Å². The number of carbonyl (C=O) groups excluding carboxylic acids is 1. The molecule has 3 aromatic rings. The Morgan fingerprint density at radius 1 is 1.26 bits per heavy atom. The maximum Gasteiger partial charge on any atom is 0.275 e. The smallest absolute Gasteiger partial charge is 0.275 e. The molecule has 0 radical (unpaired) electrons. The van der Waals surface area contributed by atoms with Crippen LogP contribution in [0.15, 0.2) is 52.7 Å². The zero-order chi connectivity index (χ0) is 13.1. The van der Waals surface area contributed by atoms with E-state index in [2.05, 4.69) is 15.3 Å². The van der Waals surface area contributed by atoms with Crippen LogP contribution in [0.3, 0.4) is 0 Å². The molecule has 0 aliphatic heterocycles. The fraction of sp³-hybridized carbons (Fsp3) is 0. The molecule has 3 heterocycles. The largest absolute Gasteiger partial charge is 0.462 e. The van der Waals surface area contributed by atoms with E-state index < -0.39 is 0 Å². The quantitative estimate of drug-likeness (QED) is 0.795. The number of furan rings is 1. The summed E-state index contributed by atoms with van der Waals surface area (Å²) >= 11 is 1.37. The van der Waals surface area contributed by atoms with Crippen LogP contribution in [0.1, 0.15) is 10.5 Å². The van der Waals surface area contributed by atoms with Gasteiger partial charge in [-0.15, -0.1) is 11.3 Å². The van der Waals surface area contributed by atoms with Crippen molar-refractivity contribution in [2.24, 2.45) is 0 Å². The van der Waals surface area contributed by atoms with E-state index in [-0.39, 0.29) is 5.91 Å². The molecule has 1 N–H and O–H groups in total. The van der Waals surface area contributed by atoms with E-state index in [1.165, 1.54) is 11.3 Å². The monoisotopic (exact) mass is 271 g/mol. The highest BCUT2D eigenvalue weighted by Crippen LogP contribution is 2.24. The van der Waals surface area contributed by atoms with Gasteiger partial charge in [0.25, 0.3) is 5.91 Å². The Balaban J connectivity index is 1.78. The second-order valence-corrected chi connectivity index (χ2v) is 4.56. The van der Waals surface area contributed by atoms with Crippen molar-refractivity contribution in [1.82, 2.24) is 9.97 Å². The molecule has 0 spiro atoms. The fourth-order valence-electron chi connectivity index (χ4n) is 1.52. The first-order valence-electron chi connectivity index (χ1n) is 5.54. The SMILES string of the molecule is O=C(Nc1ccncc1)c1csc(-c2ccco2)n1. The number of hydrogen-bond donors (Lipinski definition) is 1. The first kappa shape index (κ1) is 11.6. The number of pyridine rings is 1. The van der Waals surface area contributed by atoms with Gasteiger partial charge >= 0.3 is 0 Å². The summed E-state index contributed by atoms with van der Waals surface area (Å²) in [5, 5.41) is 5.14. The van der Waals surface area contributed by atoms with E-state index in [0.29, 0.717) is 22.1 Å². The maximum atomic E-state index is 12.0. The number of nitrogens with zero attached hydrogens (tertiary/aromatic N) is 2. The van der Waals surface area contributed by atoms with Crippen molar-refractivity contribution in [1.29, 1.82) is 0 Å². The van der Waals surface area contributed by atoms with Crippen molar-refractivity contribution >= 4 is 22.9 Å². The lowest BCUT2D eigenvalue weighted by atomic mass is 10.3. The van der Waals surface area contributed by atoms with E-state index in [0.717, 1.165) is 0 Å². The summed E-state index contributed by atoms with van der Waals surface area (Å²) in [6.45, 7) is 0. The highest BCUT2D eigenvalue weighted by atomic mass is 32.1. The van der Waals surface area contributed by atoms with E-state index in [9.17, 15) is 4.79 Å². The van der Waals surface area contributed by atoms with Gasteiger partial charge in [-0.1, -0.05) is 0 Å². The molecule has 0 bridgehead atoms. The summed E-state index contributed by atoms with van der Waals surface area (Å²) in [5.74, 6) is 0.410. The van der Waals surface area contributed by atoms with Gasteiger partial charge in [0.2, 0.25) is 0 Å². The van der Waals surface area contributed by atoms with Crippen LogP contribution in [0.25, 0.3) is 10.8 Å². The molecule has 5 nitrogen and oxygen atoms in total. The van der Waals surface area contributed by atoms with E-state index in [1.807, 2.05) is 6.07 Å². The highest BCUT2D eigenvalue weighted by molar-refractivity contribution is 7.13. The number of hydrogen-bond acceptors (Lipinski definition) is 5. The van der Waals surface area contributed by atoms with Gasteiger partial charge < -0.3 is 9.73 Å². The molecule has 0 aliphatic carbocycles. The molecule has 0 saturated carbocycles. The second kappa shape index (κ2) is 5.03. The van der Waals surface area contributed by atoms with Crippen LogP contribution in [-0.2, 0) is 0 Å². The summed E-state index contributed by atoms with van der Waals surface area (Å²) < 4.78 is 5.24. The van der Waals surface area contributed by atoms with E-state index >= 15 is 0 Å². The summed E-state index contributed by atoms with van der Waals surface area (Å²) in [4.78, 5) is 20.1. The Labute approximate surface area is 112 Å². The molecule has 0 saturated heterocycles. The number of amides is 1. The van der Waals surface area contributed by atoms with Crippen molar-refractivity contribution in [3.05, 3.63) is 54.0 Å². The first-order chi connectivity index (χ1) is 9.33. The molecule has 3 aromatic heterocycles. The minimum Gasteiger partial charge on any atom is -0.462 e. The highest BCUT2D eigenvalue weighted by Gasteiger charge is 2.13. The number of rotatable bonds is 3. The van der Waals surface area contributed by atoms with Gasteiger partial charge in [-0.3, -0.25) is 9.78 Å². The lowest BCUT2D eigenvalue weighted by molar-refractivity contribution is 0.102. The molecule has 94 valence electrons. The Bertz CT molecular complexity index is 677. The van der Waals surface area contributed by atoms with Crippen LogP contribution in [0.2, 0.25) is 0 Å². The Morgan fingerprint density at radius 2 is 2.11 bits per heavy atom. The van der Waals surface area contributed by atoms with Crippen molar-refractivity contribution < 1.29 is 9.21 Å². The summed E-state index contributed by atoms with van der Waals surface area (Å²) in [5.41, 5.74) is 1.06. The fourth-order valence-corrected chi connectivity index (χ4v) is 2.29. The summed E-state index contributed by atoms with van der Waals surface area (Å²) in [6.07, 6.45) is 4.81. The molecule has 0 unspecified atom stereocenters. The first-order valence-corrected chi connectivity index (χ1v) is 6.42. The number of aromatic nitrogens is 2. The summed E-state index contributed by atoms with van der Waals surface area (Å²) in [7, 11) is 0. The summed E-state index contributed by atoms with van der Waals surface area (Å²) in [6, 6.07) is 7.03. The third kappa shape index (κ3) is 2.53. The molecule has 3 rings (SSSR count). The van der Waals surface area contributed by atoms with Crippen LogP contribution < -0.4 is 5.32 Å². The minimum absolute atomic E-state index is 0.250. The predicted molar refractivity (Wildman–Crippen MR) is 72.0 cm³/mol. The van der Waals surface area contributed by atoms with Crippen LogP contribution >= 0.6 is 11.3 Å². The zero-order valence-corrected chi connectivity index (χ0v) is 10.6. The van der Waals surface area contributed by atoms with Gasteiger partial charge in [0, 0.05) is 23.5 Å². The molecular formula is C13H9N3O2S. The third-order valence-corrected chi connectivity index (χ3v) is 3.26. The Morgan fingerprint density at radius 3 is 2.84 bits per heavy atom. The van der Waals surface area contributed by atoms with Gasteiger partial charge in [0.15, 0.2) is 10.8 Å². The topological polar surface area (TPSA) is 68.0 Å². The van der Waals surface area contributed by atoms with Crippen molar-refractivity contribution in [3.8, 4) is 10.8 Å². The van der Waals surface area contributed by atoms with Crippen LogP contribution in [0, 0.1) is 0 Å². The molecule has 6 heteroatoms. The zero-order valence-electron chi connectivity index (χ0n) is 9.74. The van der Waals surface area contributed by atoms with Gasteiger partial charge in [-0.25, -0.2) is 4.98 Å². The number of nitrogens with one attached hydrogen (secondary N) is 1. The Hall–Kier alpha value is -2.47. The second-order valence-electron chi connectivity index (χ2n) is 3.71. The Kier molecular flexibility index (Phi) is 3.07. The average Bonchev–Trinajstić information content (AvgIpc) is 3.11. The third-order valence-electron chi connectivity index (χ3n) is 2.41. The van der Waals surface area contributed by atoms with Gasteiger partial charge in [-0.05, 0) is 24.3 Å². The van der Waals surface area contributed by atoms with Gasteiger partial charge in [-0.2, -0.15) is 0 Å². The maximum absolute atomic E-state index is 12.0. The lowest BCUT2D eigenvalue weighted by Crippen LogP contribution is -2.12. The number of thiazole rings is 1. The van der Waals surface area contributed by atoms with Gasteiger partial charge in [0.05, 0.1) is 6.26 Å². The van der Waals surface area contributed by atoms with E-state index in [4.69, 9.17) is 4.42 Å². The number of carbonyl (C=O) groups is 1. The van der Waals surface area contributed by atoms with Crippen molar-refractivity contribution in [3.63, 3.8) is 0 Å². The average molecular weight is 271 g/mol.